The molecule has 1 heterocycles. The van der Waals surface area contributed by atoms with Crippen molar-refractivity contribution < 1.29 is 31.2 Å². The zero-order valence-corrected chi connectivity index (χ0v) is 16.5. The van der Waals surface area contributed by atoms with Crippen LogP contribution < -0.4 is 0 Å². The third-order valence-electron chi connectivity index (χ3n) is 4.71. The maximum absolute atomic E-state index is 12.6. The largest absolute Gasteiger partial charge is 0.416 e. The Kier molecular flexibility index (Phi) is 6.74. The quantitative estimate of drug-likeness (QED) is 0.732. The minimum absolute atomic E-state index is 0.0632. The summed E-state index contributed by atoms with van der Waals surface area (Å²) in [7, 11) is -3.51. The number of alkyl halides is 3. The van der Waals surface area contributed by atoms with Crippen LogP contribution in [0.25, 0.3) is 0 Å². The van der Waals surface area contributed by atoms with Crippen LogP contribution in [-0.4, -0.2) is 67.2 Å². The van der Waals surface area contributed by atoms with Crippen LogP contribution in [-0.2, 0) is 20.8 Å². The van der Waals surface area contributed by atoms with Crippen molar-refractivity contribution in [3.63, 3.8) is 0 Å². The van der Waals surface area contributed by atoms with Gasteiger partial charge in [-0.1, -0.05) is 6.92 Å². The number of carbonyl (C=O) groups is 2. The predicted molar refractivity (Wildman–Crippen MR) is 97.5 cm³/mol. The van der Waals surface area contributed by atoms with Crippen LogP contribution in [0.3, 0.4) is 0 Å². The molecule has 1 atom stereocenters. The minimum atomic E-state index is -4.47. The van der Waals surface area contributed by atoms with E-state index >= 15 is 0 Å². The number of piperazine rings is 1. The molecule has 0 N–H and O–H groups in total. The first-order chi connectivity index (χ1) is 13.0. The molecule has 1 aromatic rings. The summed E-state index contributed by atoms with van der Waals surface area (Å²) in [6.07, 6.45) is -4.04. The predicted octanol–water partition coefficient (Wildman–Crippen LogP) is 2.20. The molecule has 2 rings (SSSR count). The van der Waals surface area contributed by atoms with Gasteiger partial charge in [-0.25, -0.2) is 8.42 Å². The van der Waals surface area contributed by atoms with Crippen molar-refractivity contribution in [1.29, 1.82) is 0 Å². The normalized spacial score (nSPS) is 16.8. The van der Waals surface area contributed by atoms with E-state index in [9.17, 15) is 31.2 Å². The molecule has 156 valence electrons. The van der Waals surface area contributed by atoms with E-state index in [1.807, 2.05) is 0 Å². The molecule has 0 bridgehead atoms. The third kappa shape index (κ3) is 5.03. The average molecular weight is 420 g/mol. The van der Waals surface area contributed by atoms with Gasteiger partial charge >= 0.3 is 6.18 Å². The molecule has 0 saturated carbocycles. The molecule has 1 unspecified atom stereocenters. The Morgan fingerprint density at radius 2 is 1.54 bits per heavy atom. The van der Waals surface area contributed by atoms with Gasteiger partial charge in [0, 0.05) is 31.7 Å². The standard InChI is InChI=1S/C18H23F3N2O4S/c1-3-12-28(26,27)13(2)16(24)22-8-10-23(11-9-22)17(25)14-4-6-15(7-5-14)18(19,20)21/h4-7,13H,3,8-12H2,1-2H3. The lowest BCUT2D eigenvalue weighted by Gasteiger charge is -2.36. The van der Waals surface area contributed by atoms with Crippen molar-refractivity contribution in [3.05, 3.63) is 35.4 Å². The van der Waals surface area contributed by atoms with Gasteiger partial charge in [-0.15, -0.1) is 0 Å². The molecule has 28 heavy (non-hydrogen) atoms. The summed E-state index contributed by atoms with van der Waals surface area (Å²) in [6.45, 7) is 3.82. The summed E-state index contributed by atoms with van der Waals surface area (Å²) in [5.41, 5.74) is -0.701. The second-order valence-electron chi connectivity index (χ2n) is 6.70. The second kappa shape index (κ2) is 8.50. The van der Waals surface area contributed by atoms with Gasteiger partial charge in [0.15, 0.2) is 9.84 Å². The van der Waals surface area contributed by atoms with Gasteiger partial charge in [-0.05, 0) is 37.6 Å². The lowest BCUT2D eigenvalue weighted by Crippen LogP contribution is -2.53. The first kappa shape index (κ1) is 22.2. The number of rotatable bonds is 5. The smallest absolute Gasteiger partial charge is 0.338 e. The van der Waals surface area contributed by atoms with Gasteiger partial charge in [0.25, 0.3) is 5.91 Å². The monoisotopic (exact) mass is 420 g/mol. The summed E-state index contributed by atoms with van der Waals surface area (Å²) in [4.78, 5) is 27.7. The Balaban J connectivity index is 1.98. The van der Waals surface area contributed by atoms with E-state index in [2.05, 4.69) is 0 Å². The molecule has 2 amide bonds. The SMILES string of the molecule is CCCS(=O)(=O)C(C)C(=O)N1CCN(C(=O)c2ccc(C(F)(F)F)cc2)CC1. The number of hydrogen-bond acceptors (Lipinski definition) is 4. The van der Waals surface area contributed by atoms with Crippen molar-refractivity contribution in [2.75, 3.05) is 31.9 Å². The Morgan fingerprint density at radius 1 is 1.04 bits per heavy atom. The van der Waals surface area contributed by atoms with E-state index < -0.39 is 38.6 Å². The van der Waals surface area contributed by atoms with Gasteiger partial charge in [-0.2, -0.15) is 13.2 Å². The minimum Gasteiger partial charge on any atom is -0.338 e. The Bertz CT molecular complexity index is 814. The highest BCUT2D eigenvalue weighted by Gasteiger charge is 2.34. The highest BCUT2D eigenvalue weighted by Crippen LogP contribution is 2.29. The number of sulfone groups is 1. The number of halogens is 3. The molecule has 0 radical (unpaired) electrons. The van der Waals surface area contributed by atoms with Crippen molar-refractivity contribution in [2.45, 2.75) is 31.7 Å². The highest BCUT2D eigenvalue weighted by molar-refractivity contribution is 7.92. The number of carbonyl (C=O) groups excluding carboxylic acids is 2. The summed E-state index contributed by atoms with van der Waals surface area (Å²) < 4.78 is 62.0. The van der Waals surface area contributed by atoms with Crippen molar-refractivity contribution >= 4 is 21.7 Å². The fourth-order valence-electron chi connectivity index (χ4n) is 2.99. The molecule has 0 spiro atoms. The summed E-state index contributed by atoms with van der Waals surface area (Å²) in [5, 5.41) is -1.13. The number of amides is 2. The van der Waals surface area contributed by atoms with E-state index in [0.29, 0.717) is 6.42 Å². The van der Waals surface area contributed by atoms with Gasteiger partial charge in [0.2, 0.25) is 5.91 Å². The summed E-state index contributed by atoms with van der Waals surface area (Å²) >= 11 is 0. The van der Waals surface area contributed by atoms with E-state index in [1.54, 1.807) is 6.92 Å². The maximum atomic E-state index is 12.6. The second-order valence-corrected chi connectivity index (χ2v) is 9.14. The molecule has 1 saturated heterocycles. The Labute approximate surface area is 162 Å². The van der Waals surface area contributed by atoms with Crippen LogP contribution in [0, 0.1) is 0 Å². The molecular weight excluding hydrogens is 397 g/mol. The number of hydrogen-bond donors (Lipinski definition) is 0. The molecule has 1 aromatic carbocycles. The molecule has 10 heteroatoms. The molecular formula is C18H23F3N2O4S. The lowest BCUT2D eigenvalue weighted by molar-refractivity contribution is -0.137. The van der Waals surface area contributed by atoms with Gasteiger partial charge < -0.3 is 9.80 Å². The fraction of sp³-hybridized carbons (Fsp3) is 0.556. The Hall–Kier alpha value is -2.10. The maximum Gasteiger partial charge on any atom is 0.416 e. The first-order valence-corrected chi connectivity index (χ1v) is 10.7. The topological polar surface area (TPSA) is 74.8 Å². The van der Waals surface area contributed by atoms with Crippen molar-refractivity contribution in [1.82, 2.24) is 9.80 Å². The van der Waals surface area contributed by atoms with Crippen molar-refractivity contribution in [3.8, 4) is 0 Å². The Morgan fingerprint density at radius 3 is 2.00 bits per heavy atom. The fourth-order valence-corrected chi connectivity index (χ4v) is 4.37. The summed E-state index contributed by atoms with van der Waals surface area (Å²) in [6, 6.07) is 3.96. The molecule has 0 aliphatic carbocycles. The summed E-state index contributed by atoms with van der Waals surface area (Å²) in [5.74, 6) is -0.978. The average Bonchev–Trinajstić information content (AvgIpc) is 2.65. The first-order valence-electron chi connectivity index (χ1n) is 8.94. The van der Waals surface area contributed by atoms with Gasteiger partial charge in [0.05, 0.1) is 11.3 Å². The molecule has 6 nitrogen and oxygen atoms in total. The number of nitrogens with zero attached hydrogens (tertiary/aromatic N) is 2. The number of benzene rings is 1. The van der Waals surface area contributed by atoms with Crippen LogP contribution >= 0.6 is 0 Å². The van der Waals surface area contributed by atoms with Crippen LogP contribution in [0.1, 0.15) is 36.2 Å². The van der Waals surface area contributed by atoms with Gasteiger partial charge in [0.1, 0.15) is 5.25 Å². The van der Waals surface area contributed by atoms with Crippen LogP contribution in [0.4, 0.5) is 13.2 Å². The van der Waals surface area contributed by atoms with Crippen molar-refractivity contribution in [2.24, 2.45) is 0 Å². The lowest BCUT2D eigenvalue weighted by atomic mass is 10.1. The highest BCUT2D eigenvalue weighted by atomic mass is 32.2. The molecule has 1 aliphatic heterocycles. The van der Waals surface area contributed by atoms with Crippen LogP contribution in [0.5, 0.6) is 0 Å². The van der Waals surface area contributed by atoms with E-state index in [4.69, 9.17) is 0 Å². The molecule has 1 aliphatic rings. The van der Waals surface area contributed by atoms with Crippen LogP contribution in [0.15, 0.2) is 24.3 Å². The zero-order chi connectivity index (χ0) is 21.1. The van der Waals surface area contributed by atoms with E-state index in [1.165, 1.54) is 16.7 Å². The molecule has 1 fully saturated rings. The zero-order valence-electron chi connectivity index (χ0n) is 15.7. The van der Waals surface area contributed by atoms with E-state index in [0.717, 1.165) is 24.3 Å². The molecule has 0 aromatic heterocycles. The van der Waals surface area contributed by atoms with Gasteiger partial charge in [-0.3, -0.25) is 9.59 Å². The third-order valence-corrected chi connectivity index (χ3v) is 6.97. The van der Waals surface area contributed by atoms with Crippen LogP contribution in [0.2, 0.25) is 0 Å². The van der Waals surface area contributed by atoms with E-state index in [-0.39, 0.29) is 37.5 Å².